The normalized spacial score (nSPS) is 10.2. The summed E-state index contributed by atoms with van der Waals surface area (Å²) in [4.78, 5) is 17.9. The molecule has 0 aliphatic rings. The third kappa shape index (κ3) is 3.31. The van der Waals surface area contributed by atoms with Crippen LogP contribution in [0, 0.1) is 6.92 Å². The van der Waals surface area contributed by atoms with Crippen molar-refractivity contribution in [3.8, 4) is 0 Å². The number of amides is 1. The molecule has 3 nitrogen and oxygen atoms in total. The number of nitrogens with one attached hydrogen (secondary N) is 1. The van der Waals surface area contributed by atoms with Crippen LogP contribution in [0.1, 0.15) is 20.2 Å². The fourth-order valence-corrected chi connectivity index (χ4v) is 2.34. The van der Waals surface area contributed by atoms with Crippen LogP contribution in [0.2, 0.25) is 0 Å². The molecule has 1 aromatic carbocycles. The van der Waals surface area contributed by atoms with Crippen molar-refractivity contribution < 1.29 is 4.79 Å². The third-order valence-corrected chi connectivity index (χ3v) is 3.37. The maximum Gasteiger partial charge on any atom is 0.251 e. The average molecular weight is 264 g/mol. The summed E-state index contributed by atoms with van der Waals surface area (Å²) in [6.45, 7) is 2.46. The highest BCUT2D eigenvalue weighted by Crippen LogP contribution is 2.12. The van der Waals surface area contributed by atoms with Crippen molar-refractivity contribution in [1.82, 2.24) is 10.3 Å². The van der Waals surface area contributed by atoms with Gasteiger partial charge in [0, 0.05) is 21.5 Å². The van der Waals surface area contributed by atoms with Gasteiger partial charge >= 0.3 is 0 Å². The molecule has 2 rings (SSSR count). The summed E-state index contributed by atoms with van der Waals surface area (Å²) < 4.78 is 0. The Bertz CT molecular complexity index is 537. The van der Waals surface area contributed by atoms with Gasteiger partial charge < -0.3 is 5.32 Å². The Balaban J connectivity index is 1.98. The first-order valence-electron chi connectivity index (χ1n) is 5.13. The second-order valence-corrected chi connectivity index (χ2v) is 5.43. The minimum atomic E-state index is -0.103. The maximum absolute atomic E-state index is 11.8. The van der Waals surface area contributed by atoms with E-state index >= 15 is 0 Å². The summed E-state index contributed by atoms with van der Waals surface area (Å²) in [5, 5.41) is 3.75. The Kier molecular flexibility index (Phi) is 3.81. The van der Waals surface area contributed by atoms with E-state index in [9.17, 15) is 4.79 Å². The predicted octanol–water partition coefficient (Wildman–Crippen LogP) is 2.67. The van der Waals surface area contributed by atoms with Gasteiger partial charge in [0.05, 0.1) is 6.54 Å². The van der Waals surface area contributed by atoms with Crippen LogP contribution >= 0.6 is 24.0 Å². The van der Waals surface area contributed by atoms with Crippen molar-refractivity contribution in [2.75, 3.05) is 0 Å². The van der Waals surface area contributed by atoms with Crippen molar-refractivity contribution >= 4 is 29.9 Å². The topological polar surface area (TPSA) is 42.0 Å². The molecule has 0 aliphatic carbocycles. The minimum absolute atomic E-state index is 0.103. The third-order valence-electron chi connectivity index (χ3n) is 2.18. The molecular formula is C12H12N2OS2. The zero-order valence-corrected chi connectivity index (χ0v) is 11.0. The lowest BCUT2D eigenvalue weighted by molar-refractivity contribution is 0.0950. The van der Waals surface area contributed by atoms with Gasteiger partial charge in [-0.15, -0.1) is 24.0 Å². The van der Waals surface area contributed by atoms with Gasteiger partial charge in [0.15, 0.2) is 0 Å². The first-order chi connectivity index (χ1) is 8.15. The Morgan fingerprint density at radius 1 is 1.53 bits per heavy atom. The van der Waals surface area contributed by atoms with Gasteiger partial charge in [-0.25, -0.2) is 4.98 Å². The molecule has 0 bridgehead atoms. The van der Waals surface area contributed by atoms with Crippen LogP contribution in [-0.4, -0.2) is 10.9 Å². The largest absolute Gasteiger partial charge is 0.346 e. The van der Waals surface area contributed by atoms with Crippen molar-refractivity contribution in [1.29, 1.82) is 0 Å². The molecule has 17 heavy (non-hydrogen) atoms. The first-order valence-corrected chi connectivity index (χ1v) is 6.40. The van der Waals surface area contributed by atoms with Crippen molar-refractivity contribution in [3.05, 3.63) is 45.9 Å². The first kappa shape index (κ1) is 12.1. The molecule has 0 radical (unpaired) electrons. The Morgan fingerprint density at radius 2 is 2.35 bits per heavy atom. The molecule has 1 aromatic heterocycles. The van der Waals surface area contributed by atoms with Crippen molar-refractivity contribution in [3.63, 3.8) is 0 Å². The molecular weight excluding hydrogens is 252 g/mol. The van der Waals surface area contributed by atoms with E-state index in [1.54, 1.807) is 29.7 Å². The maximum atomic E-state index is 11.8. The molecule has 88 valence electrons. The highest BCUT2D eigenvalue weighted by atomic mass is 32.1. The van der Waals surface area contributed by atoms with E-state index in [1.807, 2.05) is 19.1 Å². The molecule has 0 atom stereocenters. The number of hydrogen-bond acceptors (Lipinski definition) is 4. The SMILES string of the molecule is Cc1cnc(CNC(=O)c2cccc(S)c2)s1. The van der Waals surface area contributed by atoms with Crippen LogP contribution < -0.4 is 5.32 Å². The highest BCUT2D eigenvalue weighted by Gasteiger charge is 2.06. The van der Waals surface area contributed by atoms with Gasteiger partial charge in [-0.2, -0.15) is 0 Å². The van der Waals surface area contributed by atoms with Crippen LogP contribution in [0.5, 0.6) is 0 Å². The molecule has 1 N–H and O–H groups in total. The predicted molar refractivity (Wildman–Crippen MR) is 71.7 cm³/mol. The van der Waals surface area contributed by atoms with Crippen molar-refractivity contribution in [2.45, 2.75) is 18.4 Å². The van der Waals surface area contributed by atoms with Gasteiger partial charge in [-0.05, 0) is 25.1 Å². The van der Waals surface area contributed by atoms with Gasteiger partial charge in [-0.1, -0.05) is 6.07 Å². The van der Waals surface area contributed by atoms with E-state index in [4.69, 9.17) is 0 Å². The average Bonchev–Trinajstić information content (AvgIpc) is 2.72. The summed E-state index contributed by atoms with van der Waals surface area (Å²) in [5.41, 5.74) is 0.616. The molecule has 0 saturated carbocycles. The Hall–Kier alpha value is -1.33. The van der Waals surface area contributed by atoms with E-state index in [2.05, 4.69) is 22.9 Å². The smallest absolute Gasteiger partial charge is 0.251 e. The molecule has 1 heterocycles. The fraction of sp³-hybridized carbons (Fsp3) is 0.167. The lowest BCUT2D eigenvalue weighted by Gasteiger charge is -2.03. The lowest BCUT2D eigenvalue weighted by atomic mass is 10.2. The van der Waals surface area contributed by atoms with E-state index in [0.717, 1.165) is 14.8 Å². The summed E-state index contributed by atoms with van der Waals surface area (Å²) >= 11 is 5.79. The molecule has 0 spiro atoms. The zero-order chi connectivity index (χ0) is 12.3. The standard InChI is InChI=1S/C12H12N2OS2/c1-8-6-13-11(17-8)7-14-12(15)9-3-2-4-10(16)5-9/h2-6,16H,7H2,1H3,(H,14,15). The number of benzene rings is 1. The zero-order valence-electron chi connectivity index (χ0n) is 9.30. The van der Waals surface area contributed by atoms with Crippen LogP contribution in [0.4, 0.5) is 0 Å². The molecule has 0 unspecified atom stereocenters. The van der Waals surface area contributed by atoms with E-state index in [0.29, 0.717) is 12.1 Å². The Labute approximate surface area is 109 Å². The van der Waals surface area contributed by atoms with Gasteiger partial charge in [0.2, 0.25) is 0 Å². The number of hydrogen-bond donors (Lipinski definition) is 2. The molecule has 1 amide bonds. The number of thiazole rings is 1. The van der Waals surface area contributed by atoms with E-state index < -0.39 is 0 Å². The number of thiol groups is 1. The minimum Gasteiger partial charge on any atom is -0.346 e. The lowest BCUT2D eigenvalue weighted by Crippen LogP contribution is -2.22. The number of rotatable bonds is 3. The van der Waals surface area contributed by atoms with Gasteiger partial charge in [0.1, 0.15) is 5.01 Å². The van der Waals surface area contributed by atoms with Gasteiger partial charge in [0.25, 0.3) is 5.91 Å². The second-order valence-electron chi connectivity index (χ2n) is 3.60. The molecule has 0 fully saturated rings. The highest BCUT2D eigenvalue weighted by molar-refractivity contribution is 7.80. The van der Waals surface area contributed by atoms with Crippen LogP contribution in [0.3, 0.4) is 0 Å². The van der Waals surface area contributed by atoms with Gasteiger partial charge in [-0.3, -0.25) is 4.79 Å². The number of carbonyl (C=O) groups is 1. The quantitative estimate of drug-likeness (QED) is 0.837. The number of aryl methyl sites for hydroxylation is 1. The van der Waals surface area contributed by atoms with Crippen LogP contribution in [0.25, 0.3) is 0 Å². The summed E-state index contributed by atoms with van der Waals surface area (Å²) in [7, 11) is 0. The van der Waals surface area contributed by atoms with E-state index in [-0.39, 0.29) is 5.91 Å². The van der Waals surface area contributed by atoms with E-state index in [1.165, 1.54) is 0 Å². The summed E-state index contributed by atoms with van der Waals surface area (Å²) in [6, 6.07) is 7.16. The number of carbonyl (C=O) groups excluding carboxylic acids is 1. The number of aromatic nitrogens is 1. The van der Waals surface area contributed by atoms with Crippen LogP contribution in [-0.2, 0) is 6.54 Å². The monoisotopic (exact) mass is 264 g/mol. The summed E-state index contributed by atoms with van der Waals surface area (Å²) in [6.07, 6.45) is 1.81. The Morgan fingerprint density at radius 3 is 3.00 bits per heavy atom. The van der Waals surface area contributed by atoms with Crippen LogP contribution in [0.15, 0.2) is 35.4 Å². The molecule has 2 aromatic rings. The molecule has 5 heteroatoms. The van der Waals surface area contributed by atoms with Crippen molar-refractivity contribution in [2.24, 2.45) is 0 Å². The second kappa shape index (κ2) is 5.33. The number of nitrogens with zero attached hydrogens (tertiary/aromatic N) is 1. The molecule has 0 saturated heterocycles. The molecule has 0 aliphatic heterocycles. The fourth-order valence-electron chi connectivity index (χ4n) is 1.39. The summed E-state index contributed by atoms with van der Waals surface area (Å²) in [5.74, 6) is -0.103.